The number of benzene rings is 2. The Morgan fingerprint density at radius 3 is 2.77 bits per heavy atom. The Morgan fingerprint density at radius 1 is 1.17 bits per heavy atom. The minimum atomic E-state index is -0.800. The van der Waals surface area contributed by atoms with Gasteiger partial charge in [-0.1, -0.05) is 11.6 Å². The Labute approximate surface area is 178 Å². The predicted octanol–water partition coefficient (Wildman–Crippen LogP) is 5.04. The molecule has 0 bridgehead atoms. The first-order valence-electron chi connectivity index (χ1n) is 9.88. The highest BCUT2D eigenvalue weighted by atomic mass is 35.5. The Kier molecular flexibility index (Phi) is 4.32. The summed E-state index contributed by atoms with van der Waals surface area (Å²) in [6.07, 6.45) is 4.96. The van der Waals surface area contributed by atoms with Gasteiger partial charge in [-0.15, -0.1) is 0 Å². The van der Waals surface area contributed by atoms with Crippen LogP contribution in [0.15, 0.2) is 47.7 Å². The number of aromatic nitrogens is 2. The third-order valence-corrected chi connectivity index (χ3v) is 6.25. The van der Waals surface area contributed by atoms with Crippen molar-refractivity contribution in [3.63, 3.8) is 0 Å². The summed E-state index contributed by atoms with van der Waals surface area (Å²) < 4.78 is 20.7. The van der Waals surface area contributed by atoms with Crippen LogP contribution in [0.1, 0.15) is 38.2 Å². The zero-order valence-electron chi connectivity index (χ0n) is 16.5. The maximum atomic E-state index is 14.9. The van der Waals surface area contributed by atoms with Crippen molar-refractivity contribution in [2.45, 2.75) is 43.7 Å². The first-order chi connectivity index (χ1) is 14.4. The molecule has 5 rings (SSSR count). The molecule has 6 nitrogen and oxygen atoms in total. The fourth-order valence-electron chi connectivity index (χ4n) is 4.48. The highest BCUT2D eigenvalue weighted by Crippen LogP contribution is 2.49. The predicted molar refractivity (Wildman–Crippen MR) is 115 cm³/mol. The molecule has 1 aliphatic carbocycles. The maximum absolute atomic E-state index is 14.9. The molecule has 30 heavy (non-hydrogen) atoms. The van der Waals surface area contributed by atoms with Crippen LogP contribution in [0.25, 0.3) is 10.9 Å². The van der Waals surface area contributed by atoms with E-state index in [0.717, 1.165) is 30.2 Å². The fraction of sp³-hybridized carbons (Fsp3) is 0.318. The van der Waals surface area contributed by atoms with Crippen LogP contribution < -0.4 is 11.1 Å². The molecule has 2 heterocycles. The number of hydrogen-bond acceptors (Lipinski definition) is 6. The minimum Gasteiger partial charge on any atom is -0.459 e. The molecule has 154 valence electrons. The Bertz CT molecular complexity index is 1180. The molecule has 1 atom stereocenters. The molecular weight excluding hydrogens is 405 g/mol. The normalized spacial score (nSPS) is 22.3. The van der Waals surface area contributed by atoms with Gasteiger partial charge in [0.05, 0.1) is 11.1 Å². The lowest BCUT2D eigenvalue weighted by molar-refractivity contribution is -0.0583. The summed E-state index contributed by atoms with van der Waals surface area (Å²) in [7, 11) is 0. The van der Waals surface area contributed by atoms with Crippen molar-refractivity contribution in [1.29, 1.82) is 0 Å². The van der Waals surface area contributed by atoms with Crippen LogP contribution >= 0.6 is 11.6 Å². The molecule has 1 aromatic heterocycles. The van der Waals surface area contributed by atoms with Gasteiger partial charge in [-0.05, 0) is 62.6 Å². The zero-order chi connectivity index (χ0) is 20.9. The summed E-state index contributed by atoms with van der Waals surface area (Å²) in [6, 6.07) is 10.4. The highest BCUT2D eigenvalue weighted by molar-refractivity contribution is 6.31. The van der Waals surface area contributed by atoms with Crippen LogP contribution in [0.4, 0.5) is 15.9 Å². The molecule has 2 aromatic carbocycles. The van der Waals surface area contributed by atoms with E-state index in [1.807, 2.05) is 13.0 Å². The highest BCUT2D eigenvalue weighted by Gasteiger charge is 2.50. The van der Waals surface area contributed by atoms with Gasteiger partial charge in [0.25, 0.3) is 6.02 Å². The van der Waals surface area contributed by atoms with Crippen LogP contribution in [0.5, 0.6) is 0 Å². The number of aliphatic imine (C=N–C) groups is 1. The van der Waals surface area contributed by atoms with E-state index in [0.29, 0.717) is 28.5 Å². The number of anilines is 2. The van der Waals surface area contributed by atoms with E-state index < -0.39 is 5.54 Å². The Hall–Kier alpha value is -2.93. The lowest BCUT2D eigenvalue weighted by Crippen LogP contribution is -2.52. The summed E-state index contributed by atoms with van der Waals surface area (Å²) in [5.41, 5.74) is 6.75. The number of amidine groups is 1. The third kappa shape index (κ3) is 3.23. The van der Waals surface area contributed by atoms with Crippen molar-refractivity contribution >= 4 is 40.0 Å². The van der Waals surface area contributed by atoms with Gasteiger partial charge in [0.15, 0.2) is 0 Å². The van der Waals surface area contributed by atoms with Crippen LogP contribution in [-0.2, 0) is 10.3 Å². The molecule has 8 heteroatoms. The van der Waals surface area contributed by atoms with Crippen molar-refractivity contribution in [2.24, 2.45) is 10.7 Å². The lowest BCUT2D eigenvalue weighted by Gasteiger charge is -2.48. The molecule has 0 saturated heterocycles. The average Bonchev–Trinajstić information content (AvgIpc) is 2.67. The van der Waals surface area contributed by atoms with Gasteiger partial charge in [-0.25, -0.2) is 19.4 Å². The Balaban J connectivity index is 1.52. The van der Waals surface area contributed by atoms with Crippen molar-refractivity contribution in [1.82, 2.24) is 9.97 Å². The van der Waals surface area contributed by atoms with Crippen molar-refractivity contribution in [2.75, 3.05) is 5.32 Å². The summed E-state index contributed by atoms with van der Waals surface area (Å²) in [5, 5.41) is 4.70. The van der Waals surface area contributed by atoms with Gasteiger partial charge in [-0.3, -0.25) is 0 Å². The average molecular weight is 426 g/mol. The van der Waals surface area contributed by atoms with Gasteiger partial charge >= 0.3 is 0 Å². The van der Waals surface area contributed by atoms with Gasteiger partial charge in [0.2, 0.25) is 0 Å². The number of halogens is 2. The zero-order valence-corrected chi connectivity index (χ0v) is 17.2. The molecule has 1 fully saturated rings. The second kappa shape index (κ2) is 6.80. The minimum absolute atomic E-state index is 0.125. The molecule has 0 unspecified atom stereocenters. The van der Waals surface area contributed by atoms with Gasteiger partial charge in [-0.2, -0.15) is 0 Å². The van der Waals surface area contributed by atoms with Crippen molar-refractivity contribution < 1.29 is 9.13 Å². The number of nitrogens with one attached hydrogen (secondary N) is 1. The molecule has 3 N–H and O–H groups in total. The van der Waals surface area contributed by atoms with E-state index in [9.17, 15) is 4.39 Å². The second-order valence-electron chi connectivity index (χ2n) is 8.24. The maximum Gasteiger partial charge on any atom is 0.283 e. The van der Waals surface area contributed by atoms with E-state index in [2.05, 4.69) is 20.3 Å². The first-order valence-corrected chi connectivity index (χ1v) is 10.3. The van der Waals surface area contributed by atoms with E-state index in [4.69, 9.17) is 22.1 Å². The van der Waals surface area contributed by atoms with Gasteiger partial charge in [0, 0.05) is 28.1 Å². The SMILES string of the molecule is C[C@@]1(c2cc(Nc3ncnc4cc(Cl)ccc34)ccc2F)CC2(CCC2)OC(N)=N1. The number of nitrogens with two attached hydrogens (primary N) is 1. The lowest BCUT2D eigenvalue weighted by atomic mass is 9.69. The smallest absolute Gasteiger partial charge is 0.283 e. The van der Waals surface area contributed by atoms with E-state index in [1.54, 1.807) is 24.3 Å². The number of nitrogens with zero attached hydrogens (tertiary/aromatic N) is 3. The Morgan fingerprint density at radius 2 is 2.00 bits per heavy atom. The molecular formula is C22H21ClFN5O. The number of rotatable bonds is 3. The second-order valence-corrected chi connectivity index (χ2v) is 8.68. The number of fused-ring (bicyclic) bond motifs is 1. The van der Waals surface area contributed by atoms with Gasteiger partial charge in [0.1, 0.15) is 23.6 Å². The van der Waals surface area contributed by atoms with E-state index in [-0.39, 0.29) is 17.4 Å². The molecule has 0 radical (unpaired) electrons. The molecule has 1 saturated carbocycles. The fourth-order valence-corrected chi connectivity index (χ4v) is 4.64. The van der Waals surface area contributed by atoms with Crippen LogP contribution in [-0.4, -0.2) is 21.6 Å². The molecule has 1 aliphatic heterocycles. The van der Waals surface area contributed by atoms with E-state index in [1.165, 1.54) is 12.4 Å². The topological polar surface area (TPSA) is 85.4 Å². The molecule has 2 aliphatic rings. The summed E-state index contributed by atoms with van der Waals surface area (Å²) in [6.45, 7) is 1.91. The monoisotopic (exact) mass is 425 g/mol. The molecule has 3 aromatic rings. The van der Waals surface area contributed by atoms with Crippen LogP contribution in [0, 0.1) is 5.82 Å². The largest absolute Gasteiger partial charge is 0.459 e. The number of ether oxygens (including phenoxy) is 1. The third-order valence-electron chi connectivity index (χ3n) is 6.02. The van der Waals surface area contributed by atoms with Crippen LogP contribution in [0.2, 0.25) is 5.02 Å². The standard InChI is InChI=1S/C22H21ClFN5O/c1-21(11-22(7-2-8-22)30-20(25)29-21)16-10-14(4-6-17(16)24)28-19-15-5-3-13(23)9-18(15)26-12-27-19/h3-6,9-10,12H,2,7-8,11H2,1H3,(H2,25,29)(H,26,27,28)/t21-/m0/s1. The summed E-state index contributed by atoms with van der Waals surface area (Å²) in [5.74, 6) is 0.292. The molecule has 1 spiro atoms. The summed E-state index contributed by atoms with van der Waals surface area (Å²) in [4.78, 5) is 13.1. The molecule has 0 amide bonds. The van der Waals surface area contributed by atoms with E-state index >= 15 is 0 Å². The quantitative estimate of drug-likeness (QED) is 0.614. The van der Waals surface area contributed by atoms with Crippen LogP contribution in [0.3, 0.4) is 0 Å². The van der Waals surface area contributed by atoms with Crippen molar-refractivity contribution in [3.8, 4) is 0 Å². The first kappa shape index (κ1) is 19.1. The number of hydrogen-bond donors (Lipinski definition) is 2. The van der Waals surface area contributed by atoms with Crippen molar-refractivity contribution in [3.05, 3.63) is 59.1 Å². The summed E-state index contributed by atoms with van der Waals surface area (Å²) >= 11 is 6.07. The van der Waals surface area contributed by atoms with Gasteiger partial charge < -0.3 is 15.8 Å².